The van der Waals surface area contributed by atoms with E-state index in [1.165, 1.54) is 31.3 Å². The number of aliphatic hydroxyl groups is 3. The van der Waals surface area contributed by atoms with Gasteiger partial charge in [-0.15, -0.1) is 0 Å². The van der Waals surface area contributed by atoms with Gasteiger partial charge >= 0.3 is 0 Å². The Bertz CT molecular complexity index is 438. The number of unbranched alkanes of at least 4 members (excludes halogenated alkanes) is 3. The number of hydrogen-bond acceptors (Lipinski definition) is 4. The lowest BCUT2D eigenvalue weighted by molar-refractivity contribution is 0.0322. The Morgan fingerprint density at radius 1 is 1.11 bits per heavy atom. The van der Waals surface area contributed by atoms with Gasteiger partial charge in [0.05, 0.1) is 12.2 Å². The van der Waals surface area contributed by atoms with Crippen LogP contribution in [0.5, 0.6) is 0 Å². The minimum Gasteiger partial charge on any atom is -0.393 e. The van der Waals surface area contributed by atoms with Crippen LogP contribution in [0.3, 0.4) is 0 Å². The highest BCUT2D eigenvalue weighted by Crippen LogP contribution is 2.39. The summed E-state index contributed by atoms with van der Waals surface area (Å²) < 4.78 is 0. The van der Waals surface area contributed by atoms with Gasteiger partial charge in [-0.3, -0.25) is 0 Å². The molecule has 0 aliphatic heterocycles. The molecule has 1 aliphatic carbocycles. The van der Waals surface area contributed by atoms with Crippen molar-refractivity contribution in [1.29, 1.82) is 0 Å². The summed E-state index contributed by atoms with van der Waals surface area (Å²) in [6, 6.07) is 0. The van der Waals surface area contributed by atoms with Crippen molar-refractivity contribution in [2.75, 3.05) is 0 Å². The number of allylic oxidation sites excluding steroid dienone is 2. The predicted octanol–water partition coefficient (Wildman–Crippen LogP) is 4.76. The highest BCUT2D eigenvalue weighted by atomic mass is 16.3. The van der Waals surface area contributed by atoms with Crippen LogP contribution in [0.1, 0.15) is 98.3 Å². The van der Waals surface area contributed by atoms with Crippen LogP contribution in [-0.2, 0) is 0 Å². The van der Waals surface area contributed by atoms with E-state index in [4.69, 9.17) is 10.8 Å². The van der Waals surface area contributed by atoms with Crippen LogP contribution >= 0.6 is 0 Å². The van der Waals surface area contributed by atoms with E-state index in [0.717, 1.165) is 38.5 Å². The van der Waals surface area contributed by atoms with E-state index in [2.05, 4.69) is 33.8 Å². The molecule has 7 atom stereocenters. The van der Waals surface area contributed by atoms with Crippen molar-refractivity contribution in [3.63, 3.8) is 0 Å². The molecule has 7 unspecified atom stereocenters. The fourth-order valence-electron chi connectivity index (χ4n) is 5.03. The van der Waals surface area contributed by atoms with Crippen molar-refractivity contribution in [1.82, 2.24) is 0 Å². The molecule has 166 valence electrons. The molecule has 1 rings (SSSR count). The van der Waals surface area contributed by atoms with E-state index in [0.29, 0.717) is 23.7 Å². The van der Waals surface area contributed by atoms with Gasteiger partial charge < -0.3 is 21.1 Å². The van der Waals surface area contributed by atoms with Gasteiger partial charge in [0.1, 0.15) is 6.23 Å². The zero-order valence-electron chi connectivity index (χ0n) is 18.8. The number of hydrogen-bond donors (Lipinski definition) is 4. The third-order valence-electron chi connectivity index (χ3n) is 6.83. The second-order valence-corrected chi connectivity index (χ2v) is 9.60. The van der Waals surface area contributed by atoms with Crippen molar-refractivity contribution >= 4 is 0 Å². The minimum absolute atomic E-state index is 0.104. The second kappa shape index (κ2) is 13.7. The molecule has 0 saturated heterocycles. The van der Waals surface area contributed by atoms with Crippen molar-refractivity contribution in [3.8, 4) is 0 Å². The van der Waals surface area contributed by atoms with Crippen molar-refractivity contribution in [3.05, 3.63) is 11.6 Å². The maximum atomic E-state index is 10.2. The van der Waals surface area contributed by atoms with Crippen LogP contribution in [-0.4, -0.2) is 33.8 Å². The summed E-state index contributed by atoms with van der Waals surface area (Å²) in [5, 5.41) is 29.1. The standard InChI is InChI=1S/C24H47NO3/c1-5-20-14-23(27)15-21(19(20)4)12-17(2)10-8-6-7-9-11-18(3)13-22(26)16-24(25)28/h10,18-24,26-28H,5-9,11-16,25H2,1-4H3. The molecule has 1 saturated carbocycles. The lowest BCUT2D eigenvalue weighted by atomic mass is 9.69. The van der Waals surface area contributed by atoms with Gasteiger partial charge in [-0.1, -0.05) is 58.1 Å². The molecular weight excluding hydrogens is 350 g/mol. The van der Waals surface area contributed by atoms with Gasteiger partial charge in [-0.25, -0.2) is 0 Å². The van der Waals surface area contributed by atoms with Crippen LogP contribution < -0.4 is 5.73 Å². The zero-order valence-corrected chi connectivity index (χ0v) is 18.8. The average molecular weight is 398 g/mol. The molecule has 0 amide bonds. The number of aliphatic hydroxyl groups excluding tert-OH is 3. The maximum absolute atomic E-state index is 10.2. The van der Waals surface area contributed by atoms with E-state index in [9.17, 15) is 10.2 Å². The molecule has 1 aliphatic rings. The van der Waals surface area contributed by atoms with Gasteiger partial charge in [-0.2, -0.15) is 0 Å². The molecule has 0 radical (unpaired) electrons. The monoisotopic (exact) mass is 397 g/mol. The quantitative estimate of drug-likeness (QED) is 0.205. The summed E-state index contributed by atoms with van der Waals surface area (Å²) in [5.74, 6) is 2.49. The van der Waals surface area contributed by atoms with Gasteiger partial charge in [-0.05, 0) is 69.1 Å². The predicted molar refractivity (Wildman–Crippen MR) is 118 cm³/mol. The van der Waals surface area contributed by atoms with Crippen LogP contribution in [0.4, 0.5) is 0 Å². The molecule has 0 aromatic heterocycles. The molecule has 0 aromatic carbocycles. The van der Waals surface area contributed by atoms with E-state index in [1.54, 1.807) is 0 Å². The topological polar surface area (TPSA) is 86.7 Å². The Balaban J connectivity index is 2.19. The van der Waals surface area contributed by atoms with E-state index in [-0.39, 0.29) is 12.5 Å². The first-order chi connectivity index (χ1) is 13.2. The summed E-state index contributed by atoms with van der Waals surface area (Å²) in [5.41, 5.74) is 6.80. The minimum atomic E-state index is -0.912. The lowest BCUT2D eigenvalue weighted by Gasteiger charge is -2.38. The van der Waals surface area contributed by atoms with Gasteiger partial charge in [0, 0.05) is 6.42 Å². The average Bonchev–Trinajstić information content (AvgIpc) is 2.59. The summed E-state index contributed by atoms with van der Waals surface area (Å²) in [7, 11) is 0. The van der Waals surface area contributed by atoms with Gasteiger partial charge in [0.15, 0.2) is 0 Å². The summed E-state index contributed by atoms with van der Waals surface area (Å²) >= 11 is 0. The zero-order chi connectivity index (χ0) is 21.1. The molecule has 0 bridgehead atoms. The third-order valence-corrected chi connectivity index (χ3v) is 6.83. The second-order valence-electron chi connectivity index (χ2n) is 9.60. The first kappa shape index (κ1) is 25.6. The van der Waals surface area contributed by atoms with Crippen LogP contribution in [0.25, 0.3) is 0 Å². The molecule has 28 heavy (non-hydrogen) atoms. The molecule has 1 fully saturated rings. The fourth-order valence-corrected chi connectivity index (χ4v) is 5.03. The molecule has 4 heteroatoms. The number of nitrogens with two attached hydrogens (primary N) is 1. The SMILES string of the molecule is CCC1CC(O)CC(CC(C)=CCCCCCC(C)CC(O)CC(N)O)C1C. The smallest absolute Gasteiger partial charge is 0.104 e. The van der Waals surface area contributed by atoms with Crippen LogP contribution in [0.2, 0.25) is 0 Å². The van der Waals surface area contributed by atoms with E-state index in [1.807, 2.05) is 0 Å². The lowest BCUT2D eigenvalue weighted by Crippen LogP contribution is -2.33. The van der Waals surface area contributed by atoms with Crippen molar-refractivity contribution in [2.24, 2.45) is 29.4 Å². The molecule has 0 aromatic rings. The summed E-state index contributed by atoms with van der Waals surface area (Å²) in [6.07, 6.45) is 12.0. The Morgan fingerprint density at radius 2 is 1.79 bits per heavy atom. The summed E-state index contributed by atoms with van der Waals surface area (Å²) in [4.78, 5) is 0. The molecule has 0 heterocycles. The Hall–Kier alpha value is -0.420. The highest BCUT2D eigenvalue weighted by Gasteiger charge is 2.33. The summed E-state index contributed by atoms with van der Waals surface area (Å²) in [6.45, 7) is 9.05. The third kappa shape index (κ3) is 10.4. The maximum Gasteiger partial charge on any atom is 0.104 e. The largest absolute Gasteiger partial charge is 0.393 e. The first-order valence-electron chi connectivity index (χ1n) is 11.7. The fraction of sp³-hybridized carbons (Fsp3) is 0.917. The van der Waals surface area contributed by atoms with E-state index < -0.39 is 12.3 Å². The van der Waals surface area contributed by atoms with Crippen LogP contribution in [0.15, 0.2) is 11.6 Å². The van der Waals surface area contributed by atoms with Gasteiger partial charge in [0.25, 0.3) is 0 Å². The molecule has 5 N–H and O–H groups in total. The van der Waals surface area contributed by atoms with Crippen molar-refractivity contribution < 1.29 is 15.3 Å². The normalized spacial score (nSPS) is 29.5. The van der Waals surface area contributed by atoms with Crippen LogP contribution in [0, 0.1) is 23.7 Å². The Morgan fingerprint density at radius 3 is 2.43 bits per heavy atom. The Labute approximate surface area is 173 Å². The first-order valence-corrected chi connectivity index (χ1v) is 11.7. The van der Waals surface area contributed by atoms with Gasteiger partial charge in [0.2, 0.25) is 0 Å². The molecule has 4 nitrogen and oxygen atoms in total. The number of rotatable bonds is 13. The Kier molecular flexibility index (Phi) is 12.6. The highest BCUT2D eigenvalue weighted by molar-refractivity contribution is 5.01. The van der Waals surface area contributed by atoms with Crippen molar-refractivity contribution in [2.45, 2.75) is 117 Å². The molecular formula is C24H47NO3. The van der Waals surface area contributed by atoms with E-state index >= 15 is 0 Å². The molecule has 0 spiro atoms.